The van der Waals surface area contributed by atoms with Gasteiger partial charge in [0.1, 0.15) is 11.6 Å². The van der Waals surface area contributed by atoms with Gasteiger partial charge >= 0.3 is 0 Å². The molecule has 0 aliphatic carbocycles. The van der Waals surface area contributed by atoms with E-state index in [4.69, 9.17) is 0 Å². The Morgan fingerprint density at radius 2 is 1.87 bits per heavy atom. The lowest BCUT2D eigenvalue weighted by atomic mass is 10.0. The highest BCUT2D eigenvalue weighted by Crippen LogP contribution is 2.37. The van der Waals surface area contributed by atoms with E-state index in [-0.39, 0.29) is 29.8 Å². The van der Waals surface area contributed by atoms with E-state index in [1.807, 2.05) is 54.7 Å². The van der Waals surface area contributed by atoms with Crippen molar-refractivity contribution >= 4 is 11.4 Å². The zero-order valence-corrected chi connectivity index (χ0v) is 21.1. The van der Waals surface area contributed by atoms with E-state index in [0.717, 1.165) is 50.0 Å². The number of nitrogens with zero attached hydrogens (tertiary/aromatic N) is 4. The number of carbonyl (C=O) groups excluding carboxylic acids is 1. The highest BCUT2D eigenvalue weighted by Gasteiger charge is 2.37. The fraction of sp³-hybridized carbons (Fsp3) is 0.333. The number of nitrogens with one attached hydrogen (secondary N) is 1. The van der Waals surface area contributed by atoms with Crippen LogP contribution in [0.5, 0.6) is 0 Å². The summed E-state index contributed by atoms with van der Waals surface area (Å²) in [5.41, 5.74) is 2.82. The lowest BCUT2D eigenvalue weighted by Gasteiger charge is -2.32. The SMILES string of the molecule is O=C(N[C@H](CN1CCC(N2CCC[C@@H]2c2cc(F)ccc2F)C1)c1ccccc1)c1cnn2ccccc12. The van der Waals surface area contributed by atoms with E-state index in [1.165, 1.54) is 18.2 Å². The molecule has 2 saturated heterocycles. The molecular weight excluding hydrogens is 484 g/mol. The number of amides is 1. The first kappa shape index (κ1) is 24.7. The van der Waals surface area contributed by atoms with Crippen molar-refractivity contribution in [2.75, 3.05) is 26.2 Å². The maximum atomic E-state index is 14.6. The van der Waals surface area contributed by atoms with E-state index < -0.39 is 5.82 Å². The van der Waals surface area contributed by atoms with Crippen molar-refractivity contribution < 1.29 is 13.6 Å². The van der Waals surface area contributed by atoms with Gasteiger partial charge in [0.05, 0.1) is 23.3 Å². The number of hydrogen-bond acceptors (Lipinski definition) is 4. The molecule has 0 spiro atoms. The predicted molar refractivity (Wildman–Crippen MR) is 142 cm³/mol. The molecule has 1 unspecified atom stereocenters. The van der Waals surface area contributed by atoms with Gasteiger partial charge in [-0.15, -0.1) is 0 Å². The predicted octanol–water partition coefficient (Wildman–Crippen LogP) is 5.00. The first-order valence-electron chi connectivity index (χ1n) is 13.3. The molecule has 0 saturated carbocycles. The van der Waals surface area contributed by atoms with Gasteiger partial charge in [0.2, 0.25) is 0 Å². The third-order valence-electron chi connectivity index (χ3n) is 7.95. The van der Waals surface area contributed by atoms with Crippen LogP contribution in [0.25, 0.3) is 5.52 Å². The molecule has 1 amide bonds. The second-order valence-corrected chi connectivity index (χ2v) is 10.3. The Morgan fingerprint density at radius 3 is 2.74 bits per heavy atom. The minimum absolute atomic E-state index is 0.101. The van der Waals surface area contributed by atoms with Gasteiger partial charge in [0.25, 0.3) is 5.91 Å². The van der Waals surface area contributed by atoms with Crippen LogP contribution in [0, 0.1) is 11.6 Å². The molecule has 2 aromatic carbocycles. The number of halogens is 2. The van der Waals surface area contributed by atoms with Gasteiger partial charge in [-0.3, -0.25) is 14.6 Å². The van der Waals surface area contributed by atoms with E-state index in [2.05, 4.69) is 20.2 Å². The molecule has 2 aliphatic heterocycles. The average Bonchev–Trinajstić information content (AvgIpc) is 3.69. The van der Waals surface area contributed by atoms with E-state index in [0.29, 0.717) is 17.7 Å². The lowest BCUT2D eigenvalue weighted by molar-refractivity contribution is 0.0927. The molecule has 0 radical (unpaired) electrons. The molecule has 6 rings (SSSR count). The first-order valence-corrected chi connectivity index (χ1v) is 13.3. The summed E-state index contributed by atoms with van der Waals surface area (Å²) in [5.74, 6) is -0.886. The number of hydrogen-bond donors (Lipinski definition) is 1. The monoisotopic (exact) mass is 515 g/mol. The zero-order chi connectivity index (χ0) is 26.1. The summed E-state index contributed by atoms with van der Waals surface area (Å²) < 4.78 is 30.2. The maximum absolute atomic E-state index is 14.6. The van der Waals surface area contributed by atoms with Crippen LogP contribution >= 0.6 is 0 Å². The summed E-state index contributed by atoms with van der Waals surface area (Å²) in [6, 6.07) is 19.4. The topological polar surface area (TPSA) is 52.9 Å². The third kappa shape index (κ3) is 4.93. The fourth-order valence-corrected chi connectivity index (χ4v) is 6.10. The van der Waals surface area contributed by atoms with Crippen LogP contribution in [-0.2, 0) is 0 Å². The normalized spacial score (nSPS) is 21.2. The Morgan fingerprint density at radius 1 is 1.03 bits per heavy atom. The molecule has 2 aromatic heterocycles. The molecule has 38 heavy (non-hydrogen) atoms. The second-order valence-electron chi connectivity index (χ2n) is 10.3. The average molecular weight is 516 g/mol. The van der Waals surface area contributed by atoms with Crippen LogP contribution in [0.3, 0.4) is 0 Å². The minimum Gasteiger partial charge on any atom is -0.344 e. The molecule has 3 atom stereocenters. The number of aromatic nitrogens is 2. The maximum Gasteiger partial charge on any atom is 0.255 e. The van der Waals surface area contributed by atoms with Gasteiger partial charge in [-0.05, 0) is 68.2 Å². The van der Waals surface area contributed by atoms with Crippen molar-refractivity contribution in [2.24, 2.45) is 0 Å². The molecule has 1 N–H and O–H groups in total. The highest BCUT2D eigenvalue weighted by atomic mass is 19.1. The number of pyridine rings is 1. The second kappa shape index (κ2) is 10.6. The van der Waals surface area contributed by atoms with Gasteiger partial charge in [0.15, 0.2) is 0 Å². The van der Waals surface area contributed by atoms with Crippen molar-refractivity contribution in [3.05, 3.63) is 107 Å². The number of benzene rings is 2. The van der Waals surface area contributed by atoms with Gasteiger partial charge in [-0.2, -0.15) is 5.10 Å². The van der Waals surface area contributed by atoms with Crippen molar-refractivity contribution in [2.45, 2.75) is 37.4 Å². The largest absolute Gasteiger partial charge is 0.344 e. The Balaban J connectivity index is 1.17. The summed E-state index contributed by atoms with van der Waals surface area (Å²) >= 11 is 0. The molecule has 2 fully saturated rings. The number of rotatable bonds is 7. The Labute approximate surface area is 220 Å². The minimum atomic E-state index is -0.394. The number of fused-ring (bicyclic) bond motifs is 1. The van der Waals surface area contributed by atoms with Gasteiger partial charge in [0, 0.05) is 36.9 Å². The van der Waals surface area contributed by atoms with Crippen molar-refractivity contribution in [3.63, 3.8) is 0 Å². The van der Waals surface area contributed by atoms with Crippen LogP contribution in [-0.4, -0.2) is 57.5 Å². The Kier molecular flexibility index (Phi) is 6.91. The molecule has 0 bridgehead atoms. The van der Waals surface area contributed by atoms with Crippen LogP contribution in [0.2, 0.25) is 0 Å². The number of likely N-dealkylation sites (tertiary alicyclic amines) is 2. The zero-order valence-electron chi connectivity index (χ0n) is 21.1. The molecule has 4 aromatic rings. The quantitative estimate of drug-likeness (QED) is 0.377. The van der Waals surface area contributed by atoms with Crippen molar-refractivity contribution in [3.8, 4) is 0 Å². The summed E-state index contributed by atoms with van der Waals surface area (Å²) in [6.45, 7) is 3.25. The summed E-state index contributed by atoms with van der Waals surface area (Å²) in [4.78, 5) is 18.1. The Bertz CT molecular complexity index is 1420. The van der Waals surface area contributed by atoms with Crippen LogP contribution in [0.1, 0.15) is 52.8 Å². The van der Waals surface area contributed by atoms with Gasteiger partial charge in [-0.25, -0.2) is 13.3 Å². The third-order valence-corrected chi connectivity index (χ3v) is 7.95. The van der Waals surface area contributed by atoms with E-state index in [9.17, 15) is 13.6 Å². The van der Waals surface area contributed by atoms with Crippen molar-refractivity contribution in [1.29, 1.82) is 0 Å². The highest BCUT2D eigenvalue weighted by molar-refractivity contribution is 6.00. The van der Waals surface area contributed by atoms with Crippen LogP contribution in [0.15, 0.2) is 79.1 Å². The molecular formula is C30H31F2N5O. The van der Waals surface area contributed by atoms with Gasteiger partial charge in [-0.1, -0.05) is 36.4 Å². The Hall–Kier alpha value is -3.62. The van der Waals surface area contributed by atoms with Crippen LogP contribution in [0.4, 0.5) is 8.78 Å². The number of carbonyl (C=O) groups is 1. The van der Waals surface area contributed by atoms with Gasteiger partial charge < -0.3 is 5.32 Å². The molecule has 4 heterocycles. The van der Waals surface area contributed by atoms with Crippen LogP contribution < -0.4 is 5.32 Å². The smallest absolute Gasteiger partial charge is 0.255 e. The fourth-order valence-electron chi connectivity index (χ4n) is 6.10. The molecule has 8 heteroatoms. The summed E-state index contributed by atoms with van der Waals surface area (Å²) in [5, 5.41) is 7.56. The molecule has 6 nitrogen and oxygen atoms in total. The standard InChI is InChI=1S/C30H31F2N5O/c31-22-11-12-26(32)24(17-22)28-10-6-14-36(28)23-13-16-35(19-23)20-27(21-7-2-1-3-8-21)34-30(38)25-18-33-37-15-5-4-9-29(25)37/h1-5,7-9,11-12,15,17-18,23,27-28H,6,10,13-14,16,19-20H2,(H,34,38)/t23?,27-,28-/m1/s1. The molecule has 2 aliphatic rings. The first-order chi connectivity index (χ1) is 18.6. The van der Waals surface area contributed by atoms with Crippen molar-refractivity contribution in [1.82, 2.24) is 24.7 Å². The van der Waals surface area contributed by atoms with E-state index >= 15 is 0 Å². The summed E-state index contributed by atoms with van der Waals surface area (Å²) in [6.07, 6.45) is 6.19. The lowest BCUT2D eigenvalue weighted by Crippen LogP contribution is -2.40. The van der Waals surface area contributed by atoms with E-state index in [1.54, 1.807) is 10.7 Å². The summed E-state index contributed by atoms with van der Waals surface area (Å²) in [7, 11) is 0. The molecule has 196 valence electrons.